The van der Waals surface area contributed by atoms with Crippen molar-refractivity contribution in [3.8, 4) is 0 Å². The standard InChI is InChI=1S/H7N5P/c1-4-6(3)5-2/h1-2H2,(H3,3,4,5)/q+1. The molecule has 0 radical (unpaired) electrons. The summed E-state index contributed by atoms with van der Waals surface area (Å²) in [7, 11) is -1.15. The molecule has 1 atom stereocenters. The van der Waals surface area contributed by atoms with E-state index < -0.39 is 8.01 Å². The first-order chi connectivity index (χ1) is 2.81. The van der Waals surface area contributed by atoms with Crippen molar-refractivity contribution in [2.24, 2.45) is 22.0 Å². The van der Waals surface area contributed by atoms with Crippen molar-refractivity contribution in [3.05, 3.63) is 0 Å². The molecule has 0 amide bonds. The molecule has 5 nitrogen and oxygen atoms in total. The van der Waals surface area contributed by atoms with Gasteiger partial charge in [0.1, 0.15) is 0 Å². The van der Waals surface area contributed by atoms with Gasteiger partial charge < -0.3 is 0 Å². The molecule has 0 aromatic rings. The lowest BCUT2D eigenvalue weighted by Gasteiger charge is -1.70. The molecule has 36 valence electrons. The molecule has 0 fully saturated rings. The molecule has 0 aliphatic carbocycles. The fourth-order valence-corrected chi connectivity index (χ4v) is 0.100. The number of nitrogens with one attached hydrogen (secondary N) is 1. The maximum Gasteiger partial charge on any atom is 0.423 e. The zero-order valence-corrected chi connectivity index (χ0v) is 4.02. The van der Waals surface area contributed by atoms with Crippen LogP contribution in [0.15, 0.2) is 4.85 Å². The smallest absolute Gasteiger partial charge is 0.230 e. The number of hydrogen-bond acceptors (Lipinski definition) is 2. The van der Waals surface area contributed by atoms with Crippen molar-refractivity contribution in [2.45, 2.75) is 0 Å². The van der Waals surface area contributed by atoms with Crippen LogP contribution in [0.4, 0.5) is 0 Å². The minimum absolute atomic E-state index is 1.15. The van der Waals surface area contributed by atoms with E-state index in [1.165, 1.54) is 0 Å². The molecule has 6 heavy (non-hydrogen) atoms. The van der Waals surface area contributed by atoms with Crippen LogP contribution in [0.1, 0.15) is 0 Å². The van der Waals surface area contributed by atoms with Crippen molar-refractivity contribution in [1.82, 2.24) is 5.20 Å². The summed E-state index contributed by atoms with van der Waals surface area (Å²) in [4.78, 5) is 3.11. The van der Waals surface area contributed by atoms with Crippen molar-refractivity contribution in [1.29, 1.82) is 0 Å². The molecule has 0 rings (SSSR count). The largest absolute Gasteiger partial charge is 0.423 e. The number of nitrogens with two attached hydrogens (primary N) is 3. The number of nitrogens with zero attached hydrogens (tertiary/aromatic N) is 1. The maximum atomic E-state index is 5.01. The number of hydrazine groups is 1. The minimum Gasteiger partial charge on any atom is -0.230 e. The Morgan fingerprint density at radius 2 is 2.17 bits per heavy atom. The van der Waals surface area contributed by atoms with E-state index in [2.05, 4.69) is 15.9 Å². The fourth-order valence-electron chi connectivity index (χ4n) is 0.0333. The topological polar surface area (TPSA) is 102 Å². The normalized spacial score (nSPS) is 12.2. The molecule has 0 aromatic heterocycles. The maximum absolute atomic E-state index is 5.01. The van der Waals surface area contributed by atoms with Crippen LogP contribution in [0.2, 0.25) is 0 Å². The van der Waals surface area contributed by atoms with Crippen LogP contribution >= 0.6 is 8.01 Å². The molecular weight excluding hydrogens is 101 g/mol. The van der Waals surface area contributed by atoms with Gasteiger partial charge in [0, 0.05) is 4.85 Å². The molecule has 0 aromatic carbocycles. The van der Waals surface area contributed by atoms with Gasteiger partial charge in [0.05, 0.1) is 0 Å². The quantitative estimate of drug-likeness (QED) is 0.192. The second-order valence-corrected chi connectivity index (χ2v) is 1.77. The Labute approximate surface area is 36.4 Å². The van der Waals surface area contributed by atoms with E-state index in [-0.39, 0.29) is 0 Å². The zero-order valence-electron chi connectivity index (χ0n) is 3.13. The molecule has 6 heteroatoms. The molecule has 7 N–H and O–H groups in total. The summed E-state index contributed by atoms with van der Waals surface area (Å²) in [6, 6.07) is 0. The third kappa shape index (κ3) is 2.19. The molecule has 0 saturated carbocycles. The van der Waals surface area contributed by atoms with Crippen LogP contribution in [0.5, 0.6) is 0 Å². The Morgan fingerprint density at radius 1 is 1.67 bits per heavy atom. The van der Waals surface area contributed by atoms with Gasteiger partial charge in [-0.25, -0.2) is 5.84 Å². The summed E-state index contributed by atoms with van der Waals surface area (Å²) in [6.07, 6.45) is 0. The summed E-state index contributed by atoms with van der Waals surface area (Å²) in [5, 5.41) is 2.17. The number of rotatable bonds is 1. The Kier molecular flexibility index (Phi) is 3.11. The monoisotopic (exact) mass is 108 g/mol. The van der Waals surface area contributed by atoms with Gasteiger partial charge in [-0.05, 0) is 5.20 Å². The molecule has 0 saturated heterocycles. The van der Waals surface area contributed by atoms with Crippen LogP contribution < -0.4 is 22.4 Å². The molecule has 0 aliphatic heterocycles. The van der Waals surface area contributed by atoms with Crippen molar-refractivity contribution in [3.63, 3.8) is 0 Å². The highest BCUT2D eigenvalue weighted by atomic mass is 31.1. The second kappa shape index (κ2) is 3.14. The second-order valence-electron chi connectivity index (χ2n) is 0.589. The third-order valence-electron chi connectivity index (χ3n) is 0.257. The molecule has 0 heterocycles. The average molecular weight is 108 g/mol. The van der Waals surface area contributed by atoms with Crippen LogP contribution in [-0.4, -0.2) is 0 Å². The van der Waals surface area contributed by atoms with E-state index in [1.54, 1.807) is 0 Å². The zero-order chi connectivity index (χ0) is 4.99. The lowest BCUT2D eigenvalue weighted by molar-refractivity contribution is 1.08. The summed E-state index contributed by atoms with van der Waals surface area (Å²) in [5.41, 5.74) is 5.01. The summed E-state index contributed by atoms with van der Waals surface area (Å²) in [5.74, 6) is 9.43. The minimum atomic E-state index is -1.15. The number of hydrogen-bond donors (Lipinski definition) is 4. The van der Waals surface area contributed by atoms with Crippen molar-refractivity contribution < 1.29 is 0 Å². The van der Waals surface area contributed by atoms with E-state index in [1.807, 2.05) is 0 Å². The Balaban J connectivity index is 3.22. The molecule has 1 unspecified atom stereocenters. The Bertz CT molecular complexity index is 55.0. The molecule has 0 bridgehead atoms. The van der Waals surface area contributed by atoms with Crippen LogP contribution in [0.25, 0.3) is 0 Å². The van der Waals surface area contributed by atoms with E-state index in [4.69, 9.17) is 11.3 Å². The van der Waals surface area contributed by atoms with Crippen molar-refractivity contribution >= 4 is 8.01 Å². The molecular formula is H7N5P+. The first kappa shape index (κ1) is 5.94. The predicted molar refractivity (Wildman–Crippen MR) is 25.0 cm³/mol. The van der Waals surface area contributed by atoms with Crippen LogP contribution in [-0.2, 0) is 0 Å². The lowest BCUT2D eigenvalue weighted by atomic mass is 13.0. The van der Waals surface area contributed by atoms with Gasteiger partial charge in [0.2, 0.25) is 0 Å². The third-order valence-corrected chi connectivity index (χ3v) is 0.770. The van der Waals surface area contributed by atoms with E-state index in [0.717, 1.165) is 0 Å². The van der Waals surface area contributed by atoms with Gasteiger partial charge in [-0.2, -0.15) is 5.84 Å². The van der Waals surface area contributed by atoms with Gasteiger partial charge in [-0.3, -0.25) is 0 Å². The molecule has 0 aliphatic rings. The first-order valence-electron chi connectivity index (χ1n) is 1.23. The summed E-state index contributed by atoms with van der Waals surface area (Å²) >= 11 is 0. The highest BCUT2D eigenvalue weighted by Gasteiger charge is 1.93. The SMILES string of the molecule is N/N=[P+](\N)NN. The lowest BCUT2D eigenvalue weighted by Crippen LogP contribution is -2.15. The van der Waals surface area contributed by atoms with Gasteiger partial charge in [0.15, 0.2) is 0 Å². The van der Waals surface area contributed by atoms with E-state index in [0.29, 0.717) is 0 Å². The van der Waals surface area contributed by atoms with Crippen molar-refractivity contribution in [2.75, 3.05) is 0 Å². The fraction of sp³-hybridized carbons (Fsp3) is 0. The van der Waals surface area contributed by atoms with Crippen LogP contribution in [0.3, 0.4) is 0 Å². The van der Waals surface area contributed by atoms with Gasteiger partial charge in [-0.1, -0.05) is 0 Å². The van der Waals surface area contributed by atoms with Crippen LogP contribution in [0, 0.1) is 0 Å². The summed E-state index contributed by atoms with van der Waals surface area (Å²) < 4.78 is 0. The van der Waals surface area contributed by atoms with Gasteiger partial charge >= 0.3 is 8.01 Å². The summed E-state index contributed by atoms with van der Waals surface area (Å²) in [6.45, 7) is 0. The van der Waals surface area contributed by atoms with E-state index >= 15 is 0 Å². The first-order valence-corrected chi connectivity index (χ1v) is 2.59. The Hall–Kier alpha value is -0.0600. The highest BCUT2D eigenvalue weighted by Crippen LogP contribution is 1.97. The van der Waals surface area contributed by atoms with Gasteiger partial charge in [-0.15, -0.1) is 5.50 Å². The predicted octanol–water partition coefficient (Wildman–Crippen LogP) is -1.22. The average Bonchev–Trinajstić information content (AvgIpc) is 1.65. The van der Waals surface area contributed by atoms with E-state index in [9.17, 15) is 0 Å². The molecule has 0 spiro atoms. The van der Waals surface area contributed by atoms with Gasteiger partial charge in [0.25, 0.3) is 0 Å². The highest BCUT2D eigenvalue weighted by molar-refractivity contribution is 7.42. The Morgan fingerprint density at radius 3 is 2.17 bits per heavy atom.